The van der Waals surface area contributed by atoms with Gasteiger partial charge in [0.2, 0.25) is 0 Å². The molecule has 0 aliphatic heterocycles. The van der Waals surface area contributed by atoms with Crippen LogP contribution in [0.5, 0.6) is 0 Å². The van der Waals surface area contributed by atoms with E-state index in [1.165, 1.54) is 8.66 Å². The van der Waals surface area contributed by atoms with Crippen LogP contribution in [0.4, 0.5) is 0 Å². The molecule has 0 saturated carbocycles. The molecule has 0 bridgehead atoms. The first-order valence-electron chi connectivity index (χ1n) is 8.42. The summed E-state index contributed by atoms with van der Waals surface area (Å²) in [5, 5.41) is 15.9. The Hall–Kier alpha value is -0.590. The zero-order valence-corrected chi connectivity index (χ0v) is 16.8. The van der Waals surface area contributed by atoms with Crippen molar-refractivity contribution in [1.29, 1.82) is 0 Å². The van der Waals surface area contributed by atoms with E-state index < -0.39 is 0 Å². The van der Waals surface area contributed by atoms with E-state index in [1.54, 1.807) is 11.3 Å². The molecule has 0 saturated heterocycles. The summed E-state index contributed by atoms with van der Waals surface area (Å²) in [6.45, 7) is 9.24. The normalized spacial score (nSPS) is 13.4. The molecule has 0 radical (unpaired) electrons. The largest absolute Gasteiger partial charge is 0.396 e. The van der Waals surface area contributed by atoms with Gasteiger partial charge in [-0.1, -0.05) is 13.8 Å². The van der Waals surface area contributed by atoms with Gasteiger partial charge in [-0.3, -0.25) is 4.99 Å². The molecule has 0 amide bonds. The minimum Gasteiger partial charge on any atom is -0.396 e. The number of nitrogens with zero attached hydrogens (tertiary/aromatic N) is 1. The molecule has 1 rings (SSSR count). The SMILES string of the molecule is CCNC(=NCC(CCO)CC(C)C)NCCc1ccc(Br)s1. The Kier molecular flexibility index (Phi) is 10.6. The molecule has 0 aliphatic rings. The van der Waals surface area contributed by atoms with Crippen LogP contribution in [0.3, 0.4) is 0 Å². The molecule has 3 N–H and O–H groups in total. The van der Waals surface area contributed by atoms with Gasteiger partial charge in [0.15, 0.2) is 5.96 Å². The first-order valence-corrected chi connectivity index (χ1v) is 10.0. The van der Waals surface area contributed by atoms with E-state index in [-0.39, 0.29) is 6.61 Å². The average Bonchev–Trinajstić information content (AvgIpc) is 2.89. The van der Waals surface area contributed by atoms with E-state index >= 15 is 0 Å². The Balaban J connectivity index is 2.47. The quantitative estimate of drug-likeness (QED) is 0.412. The molecule has 1 aromatic rings. The molecule has 132 valence electrons. The molecular formula is C17H30BrN3OS. The standard InChI is InChI=1S/C17H30BrN3OS/c1-4-19-17(20-9-7-15-5-6-16(18)23-15)21-12-14(8-10-22)11-13(2)3/h5-6,13-14,22H,4,7-12H2,1-3H3,(H2,19,20,21). The van der Waals surface area contributed by atoms with Crippen molar-refractivity contribution in [3.05, 3.63) is 20.8 Å². The summed E-state index contributed by atoms with van der Waals surface area (Å²) in [6.07, 6.45) is 2.92. The summed E-state index contributed by atoms with van der Waals surface area (Å²) in [7, 11) is 0. The zero-order valence-electron chi connectivity index (χ0n) is 14.4. The Morgan fingerprint density at radius 3 is 2.70 bits per heavy atom. The highest BCUT2D eigenvalue weighted by atomic mass is 79.9. The van der Waals surface area contributed by atoms with Crippen LogP contribution < -0.4 is 10.6 Å². The lowest BCUT2D eigenvalue weighted by atomic mass is 9.94. The highest BCUT2D eigenvalue weighted by Gasteiger charge is 2.10. The number of guanidine groups is 1. The monoisotopic (exact) mass is 403 g/mol. The van der Waals surface area contributed by atoms with Crippen LogP contribution in [0, 0.1) is 11.8 Å². The minimum absolute atomic E-state index is 0.240. The molecule has 0 spiro atoms. The topological polar surface area (TPSA) is 56.7 Å². The molecule has 23 heavy (non-hydrogen) atoms. The molecule has 1 atom stereocenters. The van der Waals surface area contributed by atoms with Crippen molar-refractivity contribution in [3.8, 4) is 0 Å². The fraction of sp³-hybridized carbons (Fsp3) is 0.706. The number of hydrogen-bond acceptors (Lipinski definition) is 3. The van der Waals surface area contributed by atoms with Crippen molar-refractivity contribution in [2.75, 3.05) is 26.2 Å². The zero-order chi connectivity index (χ0) is 17.1. The van der Waals surface area contributed by atoms with Crippen molar-refractivity contribution in [1.82, 2.24) is 10.6 Å². The van der Waals surface area contributed by atoms with Crippen LogP contribution in [0.1, 0.15) is 38.5 Å². The smallest absolute Gasteiger partial charge is 0.191 e. The average molecular weight is 404 g/mol. The lowest BCUT2D eigenvalue weighted by Gasteiger charge is -2.17. The van der Waals surface area contributed by atoms with Crippen LogP contribution in [-0.4, -0.2) is 37.3 Å². The third-order valence-electron chi connectivity index (χ3n) is 3.49. The summed E-state index contributed by atoms with van der Waals surface area (Å²) in [6, 6.07) is 4.24. The number of rotatable bonds is 10. The number of aliphatic imine (C=N–C) groups is 1. The second-order valence-corrected chi connectivity index (χ2v) is 8.66. The molecule has 4 nitrogen and oxygen atoms in total. The lowest BCUT2D eigenvalue weighted by Crippen LogP contribution is -2.38. The maximum Gasteiger partial charge on any atom is 0.191 e. The summed E-state index contributed by atoms with van der Waals surface area (Å²) < 4.78 is 1.17. The predicted octanol–water partition coefficient (Wildman–Crippen LogP) is 3.65. The van der Waals surface area contributed by atoms with Gasteiger partial charge in [-0.25, -0.2) is 0 Å². The van der Waals surface area contributed by atoms with Gasteiger partial charge in [0.1, 0.15) is 0 Å². The van der Waals surface area contributed by atoms with Gasteiger partial charge >= 0.3 is 0 Å². The molecule has 1 heterocycles. The van der Waals surface area contributed by atoms with Crippen molar-refractivity contribution >= 4 is 33.2 Å². The molecule has 1 aromatic heterocycles. The maximum absolute atomic E-state index is 9.21. The summed E-state index contributed by atoms with van der Waals surface area (Å²) >= 11 is 5.27. The molecular weight excluding hydrogens is 374 g/mol. The van der Waals surface area contributed by atoms with Gasteiger partial charge in [-0.15, -0.1) is 11.3 Å². The third kappa shape index (κ3) is 9.33. The van der Waals surface area contributed by atoms with Gasteiger partial charge < -0.3 is 15.7 Å². The molecule has 0 fully saturated rings. The molecule has 6 heteroatoms. The van der Waals surface area contributed by atoms with Crippen molar-refractivity contribution in [3.63, 3.8) is 0 Å². The van der Waals surface area contributed by atoms with E-state index in [4.69, 9.17) is 4.99 Å². The Morgan fingerprint density at radius 2 is 2.13 bits per heavy atom. The van der Waals surface area contributed by atoms with Gasteiger partial charge in [-0.05, 0) is 66.1 Å². The van der Waals surface area contributed by atoms with Crippen molar-refractivity contribution in [2.24, 2.45) is 16.8 Å². The van der Waals surface area contributed by atoms with E-state index in [0.717, 1.165) is 44.9 Å². The van der Waals surface area contributed by atoms with E-state index in [9.17, 15) is 5.11 Å². The Bertz CT molecular complexity index is 462. The molecule has 1 unspecified atom stereocenters. The van der Waals surface area contributed by atoms with Gasteiger partial charge in [0.25, 0.3) is 0 Å². The van der Waals surface area contributed by atoms with Gasteiger partial charge in [0, 0.05) is 31.1 Å². The van der Waals surface area contributed by atoms with E-state index in [1.807, 2.05) is 0 Å². The third-order valence-corrected chi connectivity index (χ3v) is 5.17. The number of thiophene rings is 1. The summed E-state index contributed by atoms with van der Waals surface area (Å²) in [5.41, 5.74) is 0. The first-order chi connectivity index (χ1) is 11.0. The summed E-state index contributed by atoms with van der Waals surface area (Å²) in [5.74, 6) is 1.95. The van der Waals surface area contributed by atoms with Crippen LogP contribution in [0.25, 0.3) is 0 Å². The van der Waals surface area contributed by atoms with Crippen LogP contribution in [0.2, 0.25) is 0 Å². The summed E-state index contributed by atoms with van der Waals surface area (Å²) in [4.78, 5) is 6.06. The fourth-order valence-corrected chi connectivity index (χ4v) is 3.97. The number of aliphatic hydroxyl groups excluding tert-OH is 1. The first kappa shape index (κ1) is 20.5. The van der Waals surface area contributed by atoms with Crippen LogP contribution in [0.15, 0.2) is 20.9 Å². The Labute approximate surface area is 152 Å². The highest BCUT2D eigenvalue weighted by molar-refractivity contribution is 9.11. The predicted molar refractivity (Wildman–Crippen MR) is 104 cm³/mol. The second-order valence-electron chi connectivity index (χ2n) is 6.11. The molecule has 0 aliphatic carbocycles. The van der Waals surface area contributed by atoms with Gasteiger partial charge in [-0.2, -0.15) is 0 Å². The molecule has 0 aromatic carbocycles. The minimum atomic E-state index is 0.240. The van der Waals surface area contributed by atoms with Crippen LogP contribution in [-0.2, 0) is 6.42 Å². The second kappa shape index (κ2) is 11.9. The Morgan fingerprint density at radius 1 is 1.35 bits per heavy atom. The number of aliphatic hydroxyl groups is 1. The number of nitrogens with one attached hydrogen (secondary N) is 2. The number of hydrogen-bond donors (Lipinski definition) is 3. The highest BCUT2D eigenvalue weighted by Crippen LogP contribution is 2.22. The fourth-order valence-electron chi connectivity index (χ4n) is 2.49. The van der Waals surface area contributed by atoms with Crippen molar-refractivity contribution in [2.45, 2.75) is 40.0 Å². The van der Waals surface area contributed by atoms with Crippen LogP contribution >= 0.6 is 27.3 Å². The van der Waals surface area contributed by atoms with Crippen molar-refractivity contribution < 1.29 is 5.11 Å². The number of halogens is 1. The maximum atomic E-state index is 9.21. The van der Waals surface area contributed by atoms with Gasteiger partial charge in [0.05, 0.1) is 3.79 Å². The lowest BCUT2D eigenvalue weighted by molar-refractivity contribution is 0.245. The van der Waals surface area contributed by atoms with E-state index in [2.05, 4.69) is 59.5 Å². The van der Waals surface area contributed by atoms with E-state index in [0.29, 0.717) is 11.8 Å².